The van der Waals surface area contributed by atoms with E-state index in [1.807, 2.05) is 19.2 Å². The molecule has 0 bridgehead atoms. The van der Waals surface area contributed by atoms with Gasteiger partial charge >= 0.3 is 0 Å². The maximum atomic E-state index is 12.8. The topological polar surface area (TPSA) is 49.3 Å². The molecular formula is C18H23FN4. The highest BCUT2D eigenvalue weighted by molar-refractivity contribution is 5.79. The molecule has 2 rings (SSSR count). The summed E-state index contributed by atoms with van der Waals surface area (Å²) in [6.45, 7) is 3.52. The van der Waals surface area contributed by atoms with Crippen LogP contribution in [0.5, 0.6) is 0 Å². The number of halogens is 1. The number of benzene rings is 1. The zero-order valence-corrected chi connectivity index (χ0v) is 13.6. The summed E-state index contributed by atoms with van der Waals surface area (Å²) < 4.78 is 12.8. The lowest BCUT2D eigenvalue weighted by atomic mass is 10.1. The van der Waals surface area contributed by atoms with Crippen molar-refractivity contribution in [3.8, 4) is 0 Å². The molecule has 23 heavy (non-hydrogen) atoms. The Hall–Kier alpha value is -2.43. The van der Waals surface area contributed by atoms with E-state index in [1.54, 1.807) is 19.2 Å². The third-order valence-electron chi connectivity index (χ3n) is 3.52. The fourth-order valence-corrected chi connectivity index (χ4v) is 2.17. The van der Waals surface area contributed by atoms with Crippen molar-refractivity contribution in [3.63, 3.8) is 0 Å². The zero-order chi connectivity index (χ0) is 16.5. The fraction of sp³-hybridized carbons (Fsp3) is 0.333. The first-order valence-electron chi connectivity index (χ1n) is 7.78. The average molecular weight is 314 g/mol. The second kappa shape index (κ2) is 8.88. The first kappa shape index (κ1) is 16.9. The lowest BCUT2D eigenvalue weighted by Gasteiger charge is -2.12. The summed E-state index contributed by atoms with van der Waals surface area (Å²) in [5, 5.41) is 6.54. The van der Waals surface area contributed by atoms with Gasteiger partial charge in [0.05, 0.1) is 0 Å². The number of nitrogens with one attached hydrogen (secondary N) is 2. The minimum atomic E-state index is -0.204. The lowest BCUT2D eigenvalue weighted by molar-refractivity contribution is 0.626. The molecular weight excluding hydrogens is 291 g/mol. The van der Waals surface area contributed by atoms with Gasteiger partial charge in [-0.3, -0.25) is 9.98 Å². The van der Waals surface area contributed by atoms with Crippen molar-refractivity contribution in [2.24, 2.45) is 4.99 Å². The van der Waals surface area contributed by atoms with Gasteiger partial charge in [0.25, 0.3) is 0 Å². The highest BCUT2D eigenvalue weighted by atomic mass is 19.1. The van der Waals surface area contributed by atoms with Crippen molar-refractivity contribution in [1.82, 2.24) is 15.6 Å². The van der Waals surface area contributed by atoms with E-state index in [-0.39, 0.29) is 5.82 Å². The minimum Gasteiger partial charge on any atom is -0.356 e. The summed E-state index contributed by atoms with van der Waals surface area (Å²) in [5.74, 6) is 0.567. The van der Waals surface area contributed by atoms with Gasteiger partial charge in [0.15, 0.2) is 5.96 Å². The minimum absolute atomic E-state index is 0.204. The monoisotopic (exact) mass is 314 g/mol. The molecule has 122 valence electrons. The Kier molecular flexibility index (Phi) is 6.54. The van der Waals surface area contributed by atoms with Crippen LogP contribution in [0.1, 0.15) is 16.8 Å². The van der Waals surface area contributed by atoms with Gasteiger partial charge in [-0.1, -0.05) is 18.2 Å². The number of hydrogen-bond donors (Lipinski definition) is 2. The van der Waals surface area contributed by atoms with Gasteiger partial charge in [-0.15, -0.1) is 0 Å². The van der Waals surface area contributed by atoms with Gasteiger partial charge in [-0.25, -0.2) is 4.39 Å². The summed E-state index contributed by atoms with van der Waals surface area (Å²) in [4.78, 5) is 8.48. The molecule has 1 heterocycles. The molecule has 0 aliphatic heterocycles. The Balaban J connectivity index is 1.69. The Labute approximate surface area is 136 Å². The van der Waals surface area contributed by atoms with Crippen molar-refractivity contribution in [2.75, 3.05) is 20.1 Å². The van der Waals surface area contributed by atoms with E-state index in [4.69, 9.17) is 0 Å². The number of aliphatic imine (C=N–C) groups is 1. The molecule has 2 aromatic rings. The molecule has 0 spiro atoms. The van der Waals surface area contributed by atoms with Crippen LogP contribution in [0.15, 0.2) is 47.6 Å². The highest BCUT2D eigenvalue weighted by Crippen LogP contribution is 2.02. The van der Waals surface area contributed by atoms with Crippen molar-refractivity contribution < 1.29 is 4.39 Å². The van der Waals surface area contributed by atoms with E-state index in [0.717, 1.165) is 43.1 Å². The van der Waals surface area contributed by atoms with Crippen molar-refractivity contribution in [1.29, 1.82) is 0 Å². The Morgan fingerprint density at radius 3 is 2.17 bits per heavy atom. The molecule has 1 aromatic carbocycles. The smallest absolute Gasteiger partial charge is 0.190 e. The van der Waals surface area contributed by atoms with Gasteiger partial charge in [0, 0.05) is 32.0 Å². The van der Waals surface area contributed by atoms with Crippen LogP contribution in [-0.4, -0.2) is 31.1 Å². The molecule has 0 unspecified atom stereocenters. The van der Waals surface area contributed by atoms with Gasteiger partial charge in [-0.2, -0.15) is 0 Å². The van der Waals surface area contributed by atoms with E-state index in [0.29, 0.717) is 0 Å². The number of nitrogens with zero attached hydrogens (tertiary/aromatic N) is 2. The number of hydrogen-bond acceptors (Lipinski definition) is 2. The van der Waals surface area contributed by atoms with E-state index in [2.05, 4.69) is 26.7 Å². The standard InChI is InChI=1S/C18H23FN4/c1-14-3-4-16(13-23-14)10-12-22-18(20-2)21-11-9-15-5-7-17(19)8-6-15/h3-8,13H,9-12H2,1-2H3,(H2,20,21,22). The molecule has 0 amide bonds. The van der Waals surface area contributed by atoms with Crippen molar-refractivity contribution in [2.45, 2.75) is 19.8 Å². The van der Waals surface area contributed by atoms with E-state index in [9.17, 15) is 4.39 Å². The van der Waals surface area contributed by atoms with Crippen LogP contribution in [0.25, 0.3) is 0 Å². The molecule has 0 radical (unpaired) electrons. The second-order valence-electron chi connectivity index (χ2n) is 5.36. The summed E-state index contributed by atoms with van der Waals surface area (Å²) in [5.41, 5.74) is 3.32. The second-order valence-corrected chi connectivity index (χ2v) is 5.36. The quantitative estimate of drug-likeness (QED) is 0.636. The first-order valence-corrected chi connectivity index (χ1v) is 7.78. The Morgan fingerprint density at radius 1 is 1.00 bits per heavy atom. The summed E-state index contributed by atoms with van der Waals surface area (Å²) in [6.07, 6.45) is 3.62. The van der Waals surface area contributed by atoms with Crippen LogP contribution in [0.2, 0.25) is 0 Å². The zero-order valence-electron chi connectivity index (χ0n) is 13.6. The van der Waals surface area contributed by atoms with Gasteiger partial charge in [-0.05, 0) is 49.1 Å². The molecule has 0 aliphatic carbocycles. The predicted molar refractivity (Wildman–Crippen MR) is 92.1 cm³/mol. The summed E-state index contributed by atoms with van der Waals surface area (Å²) in [6, 6.07) is 10.7. The summed E-state index contributed by atoms with van der Waals surface area (Å²) in [7, 11) is 1.75. The molecule has 5 heteroatoms. The largest absolute Gasteiger partial charge is 0.356 e. The average Bonchev–Trinajstić information content (AvgIpc) is 2.57. The third kappa shape index (κ3) is 6.06. The number of guanidine groups is 1. The molecule has 4 nitrogen and oxygen atoms in total. The number of aryl methyl sites for hydroxylation is 1. The number of rotatable bonds is 6. The number of aromatic nitrogens is 1. The Morgan fingerprint density at radius 2 is 1.61 bits per heavy atom. The van der Waals surface area contributed by atoms with Crippen LogP contribution >= 0.6 is 0 Å². The van der Waals surface area contributed by atoms with Crippen molar-refractivity contribution in [3.05, 3.63) is 65.2 Å². The SMILES string of the molecule is CN=C(NCCc1ccc(F)cc1)NCCc1ccc(C)nc1. The van der Waals surface area contributed by atoms with E-state index < -0.39 is 0 Å². The van der Waals surface area contributed by atoms with Crippen LogP contribution in [0.3, 0.4) is 0 Å². The van der Waals surface area contributed by atoms with Crippen LogP contribution < -0.4 is 10.6 Å². The van der Waals surface area contributed by atoms with Crippen LogP contribution in [0.4, 0.5) is 4.39 Å². The predicted octanol–water partition coefficient (Wildman–Crippen LogP) is 2.48. The Bertz CT molecular complexity index is 567. The maximum absolute atomic E-state index is 12.8. The first-order chi connectivity index (χ1) is 11.2. The van der Waals surface area contributed by atoms with Gasteiger partial charge in [0.2, 0.25) is 0 Å². The lowest BCUT2D eigenvalue weighted by Crippen LogP contribution is -2.39. The van der Waals surface area contributed by atoms with Crippen LogP contribution in [0, 0.1) is 12.7 Å². The van der Waals surface area contributed by atoms with Crippen LogP contribution in [-0.2, 0) is 12.8 Å². The van der Waals surface area contributed by atoms with Gasteiger partial charge < -0.3 is 10.6 Å². The number of pyridine rings is 1. The third-order valence-corrected chi connectivity index (χ3v) is 3.52. The van der Waals surface area contributed by atoms with Gasteiger partial charge in [0.1, 0.15) is 5.82 Å². The molecule has 1 aromatic heterocycles. The molecule has 0 saturated carbocycles. The van der Waals surface area contributed by atoms with E-state index >= 15 is 0 Å². The molecule has 0 saturated heterocycles. The van der Waals surface area contributed by atoms with E-state index in [1.165, 1.54) is 17.7 Å². The normalized spacial score (nSPS) is 11.3. The van der Waals surface area contributed by atoms with Crippen molar-refractivity contribution >= 4 is 5.96 Å². The molecule has 0 fully saturated rings. The molecule has 2 N–H and O–H groups in total. The maximum Gasteiger partial charge on any atom is 0.190 e. The molecule has 0 atom stereocenters. The fourth-order valence-electron chi connectivity index (χ4n) is 2.17. The summed E-state index contributed by atoms with van der Waals surface area (Å²) >= 11 is 0. The molecule has 0 aliphatic rings. The highest BCUT2D eigenvalue weighted by Gasteiger charge is 1.99.